The molecule has 0 bridgehead atoms. The van der Waals surface area contributed by atoms with Crippen molar-refractivity contribution in [3.63, 3.8) is 0 Å². The number of aromatic nitrogens is 6. The minimum absolute atomic E-state index is 0.300. The van der Waals surface area contributed by atoms with Crippen molar-refractivity contribution in [1.82, 2.24) is 34.2 Å². The van der Waals surface area contributed by atoms with Crippen molar-refractivity contribution in [1.29, 1.82) is 0 Å². The molecule has 0 saturated carbocycles. The fourth-order valence-corrected chi connectivity index (χ4v) is 4.16. The van der Waals surface area contributed by atoms with E-state index in [0.29, 0.717) is 17.2 Å². The topological polar surface area (TPSA) is 90.3 Å². The summed E-state index contributed by atoms with van der Waals surface area (Å²) in [4.78, 5) is 25.4. The van der Waals surface area contributed by atoms with Crippen LogP contribution >= 0.6 is 0 Å². The quantitative estimate of drug-likeness (QED) is 0.440. The number of nitrogens with zero attached hydrogens (tertiary/aromatic N) is 7. The highest BCUT2D eigenvalue weighted by Crippen LogP contribution is 2.29. The molecule has 6 heterocycles. The molecule has 1 fully saturated rings. The van der Waals surface area contributed by atoms with Gasteiger partial charge in [-0.2, -0.15) is 4.98 Å². The summed E-state index contributed by atoms with van der Waals surface area (Å²) in [6.07, 6.45) is 10.5. The molecule has 0 aromatic carbocycles. The Morgan fingerprint density at radius 1 is 1.06 bits per heavy atom. The van der Waals surface area contributed by atoms with Crippen molar-refractivity contribution in [2.45, 2.75) is 0 Å². The second kappa shape index (κ2) is 7.82. The lowest BCUT2D eigenvalue weighted by molar-refractivity contribution is 0.312. The molecule has 166 valence electrons. The molecule has 0 aliphatic carbocycles. The fraction of sp³-hybridized carbons (Fsp3) is 0.217. The van der Waals surface area contributed by atoms with Gasteiger partial charge in [-0.05, 0) is 25.2 Å². The Morgan fingerprint density at radius 2 is 1.94 bits per heavy atom. The van der Waals surface area contributed by atoms with Crippen LogP contribution in [-0.4, -0.2) is 67.4 Å². The Labute approximate surface area is 188 Å². The average Bonchev–Trinajstić information content (AvgIpc) is 3.47. The number of halogens is 1. The lowest BCUT2D eigenvalue weighted by Gasteiger charge is -2.33. The number of H-pyrrole nitrogens is 1. The third-order valence-electron chi connectivity index (χ3n) is 6.02. The average molecular weight is 443 g/mol. The first-order valence-electron chi connectivity index (χ1n) is 10.8. The number of fused-ring (bicyclic) bond motifs is 2. The van der Waals surface area contributed by atoms with E-state index in [4.69, 9.17) is 0 Å². The first kappa shape index (κ1) is 19.6. The monoisotopic (exact) mass is 443 g/mol. The lowest BCUT2D eigenvalue weighted by atomic mass is 10.1. The number of nitrogens with one attached hydrogen (secondary N) is 2. The third kappa shape index (κ3) is 3.64. The van der Waals surface area contributed by atoms with Crippen LogP contribution in [0, 0.1) is 5.82 Å². The predicted molar refractivity (Wildman–Crippen MR) is 125 cm³/mol. The number of imidazole rings is 1. The highest BCUT2D eigenvalue weighted by atomic mass is 19.1. The van der Waals surface area contributed by atoms with E-state index in [2.05, 4.69) is 47.1 Å². The first-order valence-corrected chi connectivity index (χ1v) is 10.8. The summed E-state index contributed by atoms with van der Waals surface area (Å²) in [5.74, 6) is 1.06. The summed E-state index contributed by atoms with van der Waals surface area (Å²) in [5.41, 5.74) is 3.32. The normalized spacial score (nSPS) is 14.9. The van der Waals surface area contributed by atoms with Crippen LogP contribution in [0.3, 0.4) is 0 Å². The van der Waals surface area contributed by atoms with Gasteiger partial charge in [-0.25, -0.2) is 19.3 Å². The Kier molecular flexibility index (Phi) is 4.65. The Hall–Kier alpha value is -4.05. The van der Waals surface area contributed by atoms with Gasteiger partial charge in [-0.15, -0.1) is 0 Å². The van der Waals surface area contributed by atoms with Gasteiger partial charge in [0.25, 0.3) is 0 Å². The van der Waals surface area contributed by atoms with E-state index in [9.17, 15) is 4.39 Å². The summed E-state index contributed by atoms with van der Waals surface area (Å²) >= 11 is 0. The highest BCUT2D eigenvalue weighted by Gasteiger charge is 2.16. The molecule has 0 radical (unpaired) electrons. The number of likely N-dealkylation sites (N-methyl/N-ethyl adjacent to an activating group) is 1. The molecule has 0 unspecified atom stereocenters. The van der Waals surface area contributed by atoms with Crippen LogP contribution in [-0.2, 0) is 0 Å². The summed E-state index contributed by atoms with van der Waals surface area (Å²) in [6, 6.07) is 5.47. The first-order chi connectivity index (χ1) is 16.1. The molecule has 0 spiro atoms. The minimum Gasteiger partial charge on any atom is -0.354 e. The molecule has 9 nitrogen and oxygen atoms in total. The number of rotatable bonds is 4. The van der Waals surface area contributed by atoms with Crippen LogP contribution < -0.4 is 10.2 Å². The van der Waals surface area contributed by atoms with Crippen molar-refractivity contribution >= 4 is 34.1 Å². The number of anilines is 3. The van der Waals surface area contributed by atoms with Gasteiger partial charge in [0.1, 0.15) is 11.5 Å². The van der Waals surface area contributed by atoms with Crippen LogP contribution in [0.4, 0.5) is 21.8 Å². The minimum atomic E-state index is -0.376. The molecule has 5 aromatic heterocycles. The predicted octanol–water partition coefficient (Wildman–Crippen LogP) is 3.30. The highest BCUT2D eigenvalue weighted by molar-refractivity contribution is 5.93. The summed E-state index contributed by atoms with van der Waals surface area (Å²) in [5, 5.41) is 4.02. The van der Waals surface area contributed by atoms with E-state index in [1.807, 2.05) is 24.5 Å². The Morgan fingerprint density at radius 3 is 2.76 bits per heavy atom. The van der Waals surface area contributed by atoms with Gasteiger partial charge in [0.05, 0.1) is 11.9 Å². The molecule has 2 N–H and O–H groups in total. The zero-order chi connectivity index (χ0) is 22.4. The molecule has 0 atom stereocenters. The smallest absolute Gasteiger partial charge is 0.229 e. The van der Waals surface area contributed by atoms with Crippen molar-refractivity contribution in [2.75, 3.05) is 43.4 Å². The molecule has 10 heteroatoms. The second-order valence-corrected chi connectivity index (χ2v) is 8.21. The van der Waals surface area contributed by atoms with E-state index in [1.165, 1.54) is 6.07 Å². The van der Waals surface area contributed by atoms with Gasteiger partial charge in [0.2, 0.25) is 5.95 Å². The molecule has 33 heavy (non-hydrogen) atoms. The molecule has 0 amide bonds. The van der Waals surface area contributed by atoms with Gasteiger partial charge in [-0.3, -0.25) is 0 Å². The molecule has 1 saturated heterocycles. The Bertz CT molecular complexity index is 1430. The standard InChI is InChI=1S/C23H22FN9/c1-31-6-8-32(9-7-31)20-3-2-16(11-26-20)29-23-28-13-18-17(12-27-21(18)30-23)15-10-19(24)22-25-4-5-33(22)14-15/h2-5,10-14H,6-9H2,1H3,(H2,27,28,29,30). The van der Waals surface area contributed by atoms with Gasteiger partial charge < -0.3 is 24.5 Å². The van der Waals surface area contributed by atoms with Gasteiger partial charge in [0.15, 0.2) is 11.5 Å². The summed E-state index contributed by atoms with van der Waals surface area (Å²) in [7, 11) is 2.14. The zero-order valence-electron chi connectivity index (χ0n) is 18.0. The maximum absolute atomic E-state index is 14.4. The van der Waals surface area contributed by atoms with Crippen molar-refractivity contribution in [2.24, 2.45) is 0 Å². The molecule has 6 rings (SSSR count). The van der Waals surface area contributed by atoms with Crippen LogP contribution in [0.25, 0.3) is 27.8 Å². The van der Waals surface area contributed by atoms with Gasteiger partial charge in [-0.1, -0.05) is 0 Å². The van der Waals surface area contributed by atoms with Crippen molar-refractivity contribution in [3.8, 4) is 11.1 Å². The SMILES string of the molecule is CN1CCN(c2ccc(Nc3ncc4c(-c5cc(F)c6nccn6c5)c[nH]c4n3)cn2)CC1. The Balaban J connectivity index is 1.23. The van der Waals surface area contributed by atoms with Crippen LogP contribution in [0.1, 0.15) is 0 Å². The molecular formula is C23H22FN9. The van der Waals surface area contributed by atoms with E-state index in [-0.39, 0.29) is 5.82 Å². The maximum Gasteiger partial charge on any atom is 0.229 e. The molecular weight excluding hydrogens is 421 g/mol. The van der Waals surface area contributed by atoms with Crippen molar-refractivity contribution < 1.29 is 4.39 Å². The fourth-order valence-electron chi connectivity index (χ4n) is 4.16. The molecule has 1 aliphatic heterocycles. The number of piperazine rings is 1. The van der Waals surface area contributed by atoms with E-state index < -0.39 is 0 Å². The van der Waals surface area contributed by atoms with E-state index in [0.717, 1.165) is 54.2 Å². The van der Waals surface area contributed by atoms with E-state index >= 15 is 0 Å². The number of hydrogen-bond acceptors (Lipinski definition) is 7. The second-order valence-electron chi connectivity index (χ2n) is 8.21. The van der Waals surface area contributed by atoms with Crippen molar-refractivity contribution in [3.05, 3.63) is 61.2 Å². The summed E-state index contributed by atoms with van der Waals surface area (Å²) < 4.78 is 16.1. The molecule has 1 aliphatic rings. The third-order valence-corrected chi connectivity index (χ3v) is 6.02. The van der Waals surface area contributed by atoms with Crippen LogP contribution in [0.15, 0.2) is 55.4 Å². The van der Waals surface area contributed by atoms with Gasteiger partial charge in [0, 0.05) is 73.7 Å². The summed E-state index contributed by atoms with van der Waals surface area (Å²) in [6.45, 7) is 4.03. The number of pyridine rings is 2. The van der Waals surface area contributed by atoms with Crippen LogP contribution in [0.2, 0.25) is 0 Å². The van der Waals surface area contributed by atoms with Gasteiger partial charge >= 0.3 is 0 Å². The molecule has 5 aromatic rings. The van der Waals surface area contributed by atoms with E-state index in [1.54, 1.807) is 29.2 Å². The lowest BCUT2D eigenvalue weighted by Crippen LogP contribution is -2.44. The number of aromatic amines is 1. The van der Waals surface area contributed by atoms with Crippen LogP contribution in [0.5, 0.6) is 0 Å². The largest absolute Gasteiger partial charge is 0.354 e. The number of hydrogen-bond donors (Lipinski definition) is 2. The maximum atomic E-state index is 14.4. The zero-order valence-corrected chi connectivity index (χ0v) is 18.0.